The van der Waals surface area contributed by atoms with Crippen LogP contribution in [0.4, 0.5) is 0 Å². The Labute approximate surface area is 131 Å². The summed E-state index contributed by atoms with van der Waals surface area (Å²) < 4.78 is 0. The Morgan fingerprint density at radius 1 is 1.00 bits per heavy atom. The van der Waals surface area contributed by atoms with E-state index in [0.717, 1.165) is 5.56 Å². The zero-order valence-corrected chi connectivity index (χ0v) is 12.0. The Hall–Kier alpha value is -3.22. The molecule has 2 aromatic rings. The highest BCUT2D eigenvalue weighted by molar-refractivity contribution is 6.23. The number of aromatic nitrogens is 2. The highest BCUT2D eigenvalue weighted by Gasteiger charge is 2.25. The fourth-order valence-electron chi connectivity index (χ4n) is 2.32. The molecule has 0 amide bonds. The van der Waals surface area contributed by atoms with Gasteiger partial charge in [-0.3, -0.25) is 9.59 Å². The number of nitrogens with one attached hydrogen (secondary N) is 1. The molecule has 1 aromatic carbocycles. The van der Waals surface area contributed by atoms with Crippen molar-refractivity contribution < 1.29 is 19.8 Å². The van der Waals surface area contributed by atoms with Crippen LogP contribution in [0.2, 0.25) is 0 Å². The minimum atomic E-state index is -0.303. The number of hydrogen-bond acceptors (Lipinski definition) is 7. The summed E-state index contributed by atoms with van der Waals surface area (Å²) in [5.74, 6) is -0.976. The van der Waals surface area contributed by atoms with Gasteiger partial charge in [0.15, 0.2) is 17.3 Å². The van der Waals surface area contributed by atoms with E-state index >= 15 is 0 Å². The van der Waals surface area contributed by atoms with Crippen LogP contribution < -0.4 is 5.32 Å². The van der Waals surface area contributed by atoms with Gasteiger partial charge >= 0.3 is 0 Å². The molecule has 3 N–H and O–H groups in total. The Morgan fingerprint density at radius 2 is 1.74 bits per heavy atom. The first-order valence-electron chi connectivity index (χ1n) is 6.92. The van der Waals surface area contributed by atoms with Crippen molar-refractivity contribution in [3.05, 3.63) is 59.1 Å². The Balaban J connectivity index is 1.68. The maximum absolute atomic E-state index is 12.3. The average molecular weight is 311 g/mol. The number of fused-ring (bicyclic) bond motifs is 1. The van der Waals surface area contributed by atoms with Crippen molar-refractivity contribution in [2.75, 3.05) is 6.54 Å². The lowest BCUT2D eigenvalue weighted by molar-refractivity contribution is 0.0977. The lowest BCUT2D eigenvalue weighted by Gasteiger charge is -2.15. The Bertz CT molecular complexity index is 830. The Morgan fingerprint density at radius 3 is 2.48 bits per heavy atom. The molecule has 0 radical (unpaired) electrons. The summed E-state index contributed by atoms with van der Waals surface area (Å²) in [6.45, 7) is 0.392. The minimum absolute atomic E-state index is 0.185. The highest BCUT2D eigenvalue weighted by atomic mass is 16.3. The van der Waals surface area contributed by atoms with Crippen molar-refractivity contribution in [2.24, 2.45) is 0 Å². The molecule has 0 atom stereocenters. The monoisotopic (exact) mass is 311 g/mol. The first-order chi connectivity index (χ1) is 11.1. The molecule has 0 unspecified atom stereocenters. The van der Waals surface area contributed by atoms with Crippen LogP contribution >= 0.6 is 0 Å². The van der Waals surface area contributed by atoms with E-state index in [1.165, 1.54) is 30.6 Å². The molecule has 0 aliphatic heterocycles. The van der Waals surface area contributed by atoms with Crippen LogP contribution in [-0.2, 0) is 6.42 Å². The topological polar surface area (TPSA) is 112 Å². The van der Waals surface area contributed by atoms with E-state index in [-0.39, 0.29) is 39.9 Å². The predicted octanol–water partition coefficient (Wildman–Crippen LogP) is 0.983. The summed E-state index contributed by atoms with van der Waals surface area (Å²) in [4.78, 5) is 24.2. The molecule has 7 heteroatoms. The number of carbonyl (C=O) groups excluding carboxylic acids is 2. The third-order valence-corrected chi connectivity index (χ3v) is 3.53. The number of rotatable bonds is 4. The van der Waals surface area contributed by atoms with Gasteiger partial charge in [0.2, 0.25) is 5.78 Å². The van der Waals surface area contributed by atoms with Crippen LogP contribution in [0.1, 0.15) is 26.3 Å². The first-order valence-corrected chi connectivity index (χ1v) is 6.92. The number of ketones is 2. The molecule has 0 spiro atoms. The summed E-state index contributed by atoms with van der Waals surface area (Å²) in [6, 6.07) is 4.52. The van der Waals surface area contributed by atoms with Crippen LogP contribution in [-0.4, -0.2) is 38.5 Å². The fraction of sp³-hybridized carbons (Fsp3) is 0.125. The van der Waals surface area contributed by atoms with Crippen molar-refractivity contribution in [1.29, 1.82) is 0 Å². The van der Waals surface area contributed by atoms with Crippen LogP contribution in [0.25, 0.3) is 0 Å². The Kier molecular flexibility index (Phi) is 3.76. The van der Waals surface area contributed by atoms with Gasteiger partial charge in [-0.25, -0.2) is 0 Å². The second-order valence-corrected chi connectivity index (χ2v) is 5.07. The van der Waals surface area contributed by atoms with E-state index in [1.807, 2.05) is 0 Å². The number of carbonyl (C=O) groups is 2. The molecule has 1 aromatic heterocycles. The van der Waals surface area contributed by atoms with Crippen LogP contribution in [0.15, 0.2) is 42.4 Å². The quantitative estimate of drug-likeness (QED) is 0.721. The largest absolute Gasteiger partial charge is 0.504 e. The number of aromatic hydroxyl groups is 2. The first kappa shape index (κ1) is 14.7. The van der Waals surface area contributed by atoms with Crippen LogP contribution in [0.3, 0.4) is 0 Å². The van der Waals surface area contributed by atoms with Crippen LogP contribution in [0.5, 0.6) is 11.5 Å². The molecule has 1 aliphatic carbocycles. The van der Waals surface area contributed by atoms with Crippen LogP contribution in [0, 0.1) is 0 Å². The average Bonchev–Trinajstić information content (AvgIpc) is 2.55. The number of hydrogen-bond donors (Lipinski definition) is 3. The standard InChI is InChI=1S/C16H13N3O4/c20-13-2-1-9(5-15(13)22)3-4-17-12-6-14(21)10-7-18-19-8-11(10)16(12)23/h1-2,5-8,17,20,22H,3-4H2. The summed E-state index contributed by atoms with van der Waals surface area (Å²) >= 11 is 0. The number of allylic oxidation sites excluding steroid dienone is 2. The van der Waals surface area contributed by atoms with Gasteiger partial charge in [0, 0.05) is 12.6 Å². The van der Waals surface area contributed by atoms with E-state index < -0.39 is 0 Å². The van der Waals surface area contributed by atoms with Gasteiger partial charge in [-0.05, 0) is 24.1 Å². The van der Waals surface area contributed by atoms with Crippen molar-refractivity contribution in [3.8, 4) is 11.5 Å². The number of Topliss-reactive ketones (excluding diaryl/α,β-unsaturated/α-hetero) is 1. The highest BCUT2D eigenvalue weighted by Crippen LogP contribution is 2.25. The lowest BCUT2D eigenvalue weighted by Crippen LogP contribution is -2.28. The SMILES string of the molecule is O=C1C=C(NCCc2ccc(O)c(O)c2)C(=O)c2cnncc21. The molecule has 7 nitrogen and oxygen atoms in total. The molecular formula is C16H13N3O4. The smallest absolute Gasteiger partial charge is 0.211 e. The number of phenols is 2. The lowest BCUT2D eigenvalue weighted by atomic mass is 9.95. The minimum Gasteiger partial charge on any atom is -0.504 e. The van der Waals surface area contributed by atoms with Gasteiger partial charge in [0.05, 0.1) is 29.2 Å². The summed E-state index contributed by atoms with van der Waals surface area (Å²) in [5.41, 5.74) is 1.48. The normalized spacial score (nSPS) is 13.5. The van der Waals surface area contributed by atoms with Crippen molar-refractivity contribution >= 4 is 11.6 Å². The molecule has 3 rings (SSSR count). The van der Waals surface area contributed by atoms with Crippen molar-refractivity contribution in [1.82, 2.24) is 15.5 Å². The zero-order valence-electron chi connectivity index (χ0n) is 12.0. The van der Waals surface area contributed by atoms with E-state index in [2.05, 4.69) is 15.5 Å². The van der Waals surface area contributed by atoms with E-state index in [0.29, 0.717) is 13.0 Å². The van der Waals surface area contributed by atoms with Gasteiger partial charge in [0.1, 0.15) is 0 Å². The molecule has 0 fully saturated rings. The molecule has 23 heavy (non-hydrogen) atoms. The molecule has 1 heterocycles. The number of phenolic OH excluding ortho intramolecular Hbond substituents is 2. The predicted molar refractivity (Wildman–Crippen MR) is 80.3 cm³/mol. The van der Waals surface area contributed by atoms with Crippen molar-refractivity contribution in [2.45, 2.75) is 6.42 Å². The summed E-state index contributed by atoms with van der Waals surface area (Å²) in [7, 11) is 0. The molecule has 0 saturated heterocycles. The molecule has 0 bridgehead atoms. The van der Waals surface area contributed by atoms with Gasteiger partial charge < -0.3 is 15.5 Å². The maximum Gasteiger partial charge on any atom is 0.211 e. The summed E-state index contributed by atoms with van der Waals surface area (Å²) in [6.07, 6.45) is 4.32. The molecule has 116 valence electrons. The van der Waals surface area contributed by atoms with Gasteiger partial charge in [-0.1, -0.05) is 6.07 Å². The van der Waals surface area contributed by atoms with E-state index in [9.17, 15) is 19.8 Å². The molecular weight excluding hydrogens is 298 g/mol. The van der Waals surface area contributed by atoms with Gasteiger partial charge in [0.25, 0.3) is 0 Å². The number of benzene rings is 1. The third kappa shape index (κ3) is 2.89. The summed E-state index contributed by atoms with van der Waals surface area (Å²) in [5, 5.41) is 28.9. The molecule has 0 saturated carbocycles. The van der Waals surface area contributed by atoms with Gasteiger partial charge in [-0.15, -0.1) is 0 Å². The third-order valence-electron chi connectivity index (χ3n) is 3.53. The van der Waals surface area contributed by atoms with Gasteiger partial charge in [-0.2, -0.15) is 10.2 Å². The van der Waals surface area contributed by atoms with Crippen molar-refractivity contribution in [3.63, 3.8) is 0 Å². The van der Waals surface area contributed by atoms with E-state index in [1.54, 1.807) is 6.07 Å². The number of nitrogens with zero attached hydrogens (tertiary/aromatic N) is 2. The zero-order chi connectivity index (χ0) is 16.4. The fourth-order valence-corrected chi connectivity index (χ4v) is 2.32. The maximum atomic E-state index is 12.3. The molecule has 1 aliphatic rings. The van der Waals surface area contributed by atoms with E-state index in [4.69, 9.17) is 0 Å². The second-order valence-electron chi connectivity index (χ2n) is 5.07. The second kappa shape index (κ2) is 5.88.